The minimum absolute atomic E-state index is 0.00602. The van der Waals surface area contributed by atoms with Crippen molar-refractivity contribution in [2.45, 2.75) is 6.42 Å². The van der Waals surface area contributed by atoms with Crippen LogP contribution in [-0.2, 0) is 4.79 Å². The second-order valence-electron chi connectivity index (χ2n) is 3.66. The van der Waals surface area contributed by atoms with Gasteiger partial charge in [0, 0.05) is 13.0 Å². The summed E-state index contributed by atoms with van der Waals surface area (Å²) in [5.41, 5.74) is 16.4. The predicted molar refractivity (Wildman–Crippen MR) is 58.2 cm³/mol. The van der Waals surface area contributed by atoms with Crippen LogP contribution >= 0.6 is 0 Å². The highest BCUT2D eigenvalue weighted by molar-refractivity contribution is 5.94. The zero-order valence-electron chi connectivity index (χ0n) is 8.63. The van der Waals surface area contributed by atoms with Crippen molar-refractivity contribution < 1.29 is 4.79 Å². The monoisotopic (exact) mass is 223 g/mol. The number of anilines is 3. The van der Waals surface area contributed by atoms with Gasteiger partial charge in [0.15, 0.2) is 0 Å². The molecule has 1 aromatic heterocycles. The van der Waals surface area contributed by atoms with Gasteiger partial charge in [-0.25, -0.2) is 0 Å². The number of carbonyl (C=O) groups is 1. The molecule has 1 saturated heterocycles. The van der Waals surface area contributed by atoms with Crippen LogP contribution in [0.25, 0.3) is 0 Å². The summed E-state index contributed by atoms with van der Waals surface area (Å²) in [6.07, 6.45) is 0.405. The molecule has 1 aliphatic heterocycles. The van der Waals surface area contributed by atoms with Gasteiger partial charge in [-0.05, 0) is 12.5 Å². The number of carbonyl (C=O) groups excluding carboxylic acids is 1. The summed E-state index contributed by atoms with van der Waals surface area (Å²) in [7, 11) is 0. The lowest BCUT2D eigenvalue weighted by atomic mass is 10.1. The van der Waals surface area contributed by atoms with Crippen molar-refractivity contribution in [3.8, 4) is 0 Å². The molecular formula is C8H13N7O. The van der Waals surface area contributed by atoms with Gasteiger partial charge in [-0.3, -0.25) is 9.69 Å². The van der Waals surface area contributed by atoms with Crippen LogP contribution in [0.15, 0.2) is 0 Å². The summed E-state index contributed by atoms with van der Waals surface area (Å²) in [6.45, 7) is 0.955. The number of nitrogens with two attached hydrogens (primary N) is 3. The molecule has 0 aromatic carbocycles. The molecule has 2 heterocycles. The van der Waals surface area contributed by atoms with Gasteiger partial charge >= 0.3 is 0 Å². The Morgan fingerprint density at radius 3 is 2.38 bits per heavy atom. The lowest BCUT2D eigenvalue weighted by Gasteiger charge is -2.14. The van der Waals surface area contributed by atoms with Crippen LogP contribution in [0.5, 0.6) is 0 Å². The molecule has 0 spiro atoms. The third-order valence-electron chi connectivity index (χ3n) is 2.44. The summed E-state index contributed by atoms with van der Waals surface area (Å²) in [5, 5.41) is 0. The Bertz CT molecular complexity index is 401. The molecule has 1 amide bonds. The van der Waals surface area contributed by atoms with Crippen molar-refractivity contribution in [3.05, 3.63) is 0 Å². The molecule has 86 valence electrons. The van der Waals surface area contributed by atoms with Crippen molar-refractivity contribution in [2.75, 3.05) is 29.5 Å². The van der Waals surface area contributed by atoms with E-state index < -0.39 is 0 Å². The normalized spacial score (nSPS) is 20.4. The van der Waals surface area contributed by atoms with Gasteiger partial charge in [0.1, 0.15) is 0 Å². The smallest absolute Gasteiger partial charge is 0.238 e. The fourth-order valence-electron chi connectivity index (χ4n) is 1.65. The quantitative estimate of drug-likeness (QED) is 0.546. The fourth-order valence-corrected chi connectivity index (χ4v) is 1.65. The number of nitrogen functional groups attached to an aromatic ring is 2. The molecule has 0 radical (unpaired) electrons. The van der Waals surface area contributed by atoms with Gasteiger partial charge in [0.2, 0.25) is 23.8 Å². The van der Waals surface area contributed by atoms with Gasteiger partial charge < -0.3 is 17.2 Å². The van der Waals surface area contributed by atoms with Crippen LogP contribution in [0, 0.1) is 5.92 Å². The molecule has 0 aliphatic carbocycles. The average molecular weight is 223 g/mol. The molecular weight excluding hydrogens is 210 g/mol. The zero-order valence-corrected chi connectivity index (χ0v) is 8.63. The largest absolute Gasteiger partial charge is 0.368 e. The average Bonchev–Trinajstić information content (AvgIpc) is 2.58. The van der Waals surface area contributed by atoms with E-state index in [0.29, 0.717) is 19.5 Å². The van der Waals surface area contributed by atoms with Crippen molar-refractivity contribution in [2.24, 2.45) is 11.7 Å². The molecule has 0 saturated carbocycles. The first-order valence-corrected chi connectivity index (χ1v) is 4.87. The third kappa shape index (κ3) is 1.87. The van der Waals surface area contributed by atoms with Crippen molar-refractivity contribution in [1.82, 2.24) is 15.0 Å². The third-order valence-corrected chi connectivity index (χ3v) is 2.44. The SMILES string of the molecule is NCC1CC(=O)N(c2nc(N)nc(N)n2)C1. The zero-order chi connectivity index (χ0) is 11.7. The number of hydrogen-bond donors (Lipinski definition) is 3. The Morgan fingerprint density at radius 1 is 1.25 bits per heavy atom. The van der Waals surface area contributed by atoms with Crippen molar-refractivity contribution >= 4 is 23.8 Å². The molecule has 6 N–H and O–H groups in total. The Balaban J connectivity index is 2.27. The number of rotatable bonds is 2. The first-order chi connectivity index (χ1) is 7.60. The van der Waals surface area contributed by atoms with Gasteiger partial charge in [0.05, 0.1) is 0 Å². The Labute approximate surface area is 91.9 Å². The molecule has 1 atom stereocenters. The lowest BCUT2D eigenvalue weighted by molar-refractivity contribution is -0.117. The van der Waals surface area contributed by atoms with Crippen molar-refractivity contribution in [3.63, 3.8) is 0 Å². The maximum atomic E-state index is 11.7. The van der Waals surface area contributed by atoms with E-state index in [1.807, 2.05) is 0 Å². The molecule has 8 nitrogen and oxygen atoms in total. The standard InChI is InChI=1S/C8H13N7O/c9-2-4-1-5(16)15(3-4)8-13-6(10)12-7(11)14-8/h4H,1-3,9H2,(H4,10,11,12,13,14). The summed E-state index contributed by atoms with van der Waals surface area (Å²) in [5.74, 6) is 0.274. The summed E-state index contributed by atoms with van der Waals surface area (Å²) < 4.78 is 0. The maximum Gasteiger partial charge on any atom is 0.238 e. The Morgan fingerprint density at radius 2 is 1.88 bits per heavy atom. The Kier molecular flexibility index (Phi) is 2.57. The van der Waals surface area contributed by atoms with E-state index in [0.717, 1.165) is 0 Å². The molecule has 2 rings (SSSR count). The van der Waals surface area contributed by atoms with Crippen LogP contribution in [0.2, 0.25) is 0 Å². The van der Waals surface area contributed by atoms with E-state index in [-0.39, 0.29) is 29.7 Å². The van der Waals surface area contributed by atoms with E-state index in [4.69, 9.17) is 17.2 Å². The van der Waals surface area contributed by atoms with Crippen LogP contribution in [0.4, 0.5) is 17.8 Å². The summed E-state index contributed by atoms with van der Waals surface area (Å²) in [4.78, 5) is 24.5. The molecule has 1 unspecified atom stereocenters. The highest BCUT2D eigenvalue weighted by Gasteiger charge is 2.31. The molecule has 8 heteroatoms. The van der Waals surface area contributed by atoms with Gasteiger partial charge in [0.25, 0.3) is 0 Å². The van der Waals surface area contributed by atoms with E-state index in [2.05, 4.69) is 15.0 Å². The van der Waals surface area contributed by atoms with Gasteiger partial charge in [-0.1, -0.05) is 0 Å². The van der Waals surface area contributed by atoms with Crippen LogP contribution in [-0.4, -0.2) is 33.9 Å². The molecule has 0 bridgehead atoms. The topological polar surface area (TPSA) is 137 Å². The minimum Gasteiger partial charge on any atom is -0.368 e. The molecule has 1 aromatic rings. The van der Waals surface area contributed by atoms with Gasteiger partial charge in [-0.2, -0.15) is 15.0 Å². The van der Waals surface area contributed by atoms with Crippen LogP contribution < -0.4 is 22.1 Å². The highest BCUT2D eigenvalue weighted by Crippen LogP contribution is 2.21. The number of amides is 1. The minimum atomic E-state index is -0.0690. The van der Waals surface area contributed by atoms with Crippen LogP contribution in [0.1, 0.15) is 6.42 Å². The fraction of sp³-hybridized carbons (Fsp3) is 0.500. The summed E-state index contributed by atoms with van der Waals surface area (Å²) in [6, 6.07) is 0. The second kappa shape index (κ2) is 3.89. The first kappa shape index (κ1) is 10.6. The first-order valence-electron chi connectivity index (χ1n) is 4.87. The molecule has 1 fully saturated rings. The van der Waals surface area contributed by atoms with E-state index in [1.165, 1.54) is 4.90 Å². The summed E-state index contributed by atoms with van der Waals surface area (Å²) >= 11 is 0. The number of hydrogen-bond acceptors (Lipinski definition) is 7. The van der Waals surface area contributed by atoms with Gasteiger partial charge in [-0.15, -0.1) is 0 Å². The maximum absolute atomic E-state index is 11.7. The van der Waals surface area contributed by atoms with E-state index >= 15 is 0 Å². The highest BCUT2D eigenvalue weighted by atomic mass is 16.2. The lowest BCUT2D eigenvalue weighted by Crippen LogP contribution is -2.28. The second-order valence-corrected chi connectivity index (χ2v) is 3.66. The van der Waals surface area contributed by atoms with E-state index in [9.17, 15) is 4.79 Å². The van der Waals surface area contributed by atoms with Crippen LogP contribution in [0.3, 0.4) is 0 Å². The predicted octanol–water partition coefficient (Wildman–Crippen LogP) is -1.65. The molecule has 16 heavy (non-hydrogen) atoms. The van der Waals surface area contributed by atoms with Crippen molar-refractivity contribution in [1.29, 1.82) is 0 Å². The number of aromatic nitrogens is 3. The Hall–Kier alpha value is -1.96. The van der Waals surface area contributed by atoms with E-state index in [1.54, 1.807) is 0 Å². The number of nitrogens with zero attached hydrogens (tertiary/aromatic N) is 4. The molecule has 1 aliphatic rings.